The van der Waals surface area contributed by atoms with Crippen molar-refractivity contribution < 1.29 is 24.2 Å². The Morgan fingerprint density at radius 2 is 1.76 bits per heavy atom. The van der Waals surface area contributed by atoms with Crippen molar-refractivity contribution in [3.8, 4) is 11.5 Å². The summed E-state index contributed by atoms with van der Waals surface area (Å²) in [7, 11) is 0. The third-order valence-corrected chi connectivity index (χ3v) is 5.43. The second-order valence-corrected chi connectivity index (χ2v) is 7.56. The number of ketones is 1. The van der Waals surface area contributed by atoms with Crippen LogP contribution in [0.4, 0.5) is 0 Å². The van der Waals surface area contributed by atoms with E-state index < -0.39 is 17.7 Å². The lowest BCUT2D eigenvalue weighted by atomic mass is 9.97. The van der Waals surface area contributed by atoms with E-state index >= 15 is 0 Å². The van der Waals surface area contributed by atoms with Gasteiger partial charge in [0.05, 0.1) is 30.0 Å². The van der Waals surface area contributed by atoms with Gasteiger partial charge in [-0.25, -0.2) is 0 Å². The number of hydrogen-bond acceptors (Lipinski definition) is 7. The van der Waals surface area contributed by atoms with Gasteiger partial charge in [0.2, 0.25) is 0 Å². The molecule has 2 aromatic heterocycles. The summed E-state index contributed by atoms with van der Waals surface area (Å²) >= 11 is 0. The van der Waals surface area contributed by atoms with Gasteiger partial charge in [0, 0.05) is 31.2 Å². The van der Waals surface area contributed by atoms with Crippen molar-refractivity contribution >= 4 is 17.4 Å². The average molecular weight is 460 g/mol. The number of aliphatic hydroxyl groups excluding tert-OH is 1. The monoisotopic (exact) mass is 459 g/mol. The average Bonchev–Trinajstić information content (AvgIpc) is 3.10. The maximum Gasteiger partial charge on any atom is 0.296 e. The van der Waals surface area contributed by atoms with E-state index in [0.717, 1.165) is 5.56 Å². The minimum atomic E-state index is -0.865. The Morgan fingerprint density at radius 3 is 2.44 bits per heavy atom. The molecular weight excluding hydrogens is 434 g/mol. The van der Waals surface area contributed by atoms with Crippen molar-refractivity contribution in [3.63, 3.8) is 0 Å². The minimum Gasteiger partial charge on any atom is -0.507 e. The minimum absolute atomic E-state index is 0.0390. The molecule has 0 radical (unpaired) electrons. The Bertz CT molecular complexity index is 1210. The van der Waals surface area contributed by atoms with Crippen molar-refractivity contribution in [2.45, 2.75) is 26.4 Å². The zero-order chi connectivity index (χ0) is 24.1. The summed E-state index contributed by atoms with van der Waals surface area (Å²) in [5.41, 5.74) is 1.53. The fraction of sp³-hybridized carbons (Fsp3) is 0.231. The number of carbonyl (C=O) groups excluding carboxylic acids is 2. The van der Waals surface area contributed by atoms with Crippen molar-refractivity contribution in [1.82, 2.24) is 14.9 Å². The zero-order valence-corrected chi connectivity index (χ0v) is 19.0. The summed E-state index contributed by atoms with van der Waals surface area (Å²) in [5.74, 6) is -0.887. The number of benzene rings is 1. The molecule has 3 heterocycles. The third-order valence-electron chi connectivity index (χ3n) is 5.43. The number of pyridine rings is 2. The van der Waals surface area contributed by atoms with E-state index in [-0.39, 0.29) is 17.9 Å². The fourth-order valence-corrected chi connectivity index (χ4v) is 3.95. The summed E-state index contributed by atoms with van der Waals surface area (Å²) < 4.78 is 11.3. The molecule has 1 saturated heterocycles. The molecule has 0 bridgehead atoms. The van der Waals surface area contributed by atoms with Crippen LogP contribution in [0.15, 0.2) is 72.7 Å². The molecule has 1 fully saturated rings. The molecule has 1 amide bonds. The smallest absolute Gasteiger partial charge is 0.296 e. The molecule has 0 spiro atoms. The van der Waals surface area contributed by atoms with Gasteiger partial charge in [0.15, 0.2) is 0 Å². The maximum atomic E-state index is 13.2. The summed E-state index contributed by atoms with van der Waals surface area (Å²) in [6.45, 7) is 4.66. The highest BCUT2D eigenvalue weighted by Gasteiger charge is 2.47. The number of hydrogen-bond donors (Lipinski definition) is 1. The molecule has 1 N–H and O–H groups in total. The highest BCUT2D eigenvalue weighted by molar-refractivity contribution is 6.46. The molecule has 1 aliphatic heterocycles. The van der Waals surface area contributed by atoms with Crippen molar-refractivity contribution in [3.05, 3.63) is 89.5 Å². The van der Waals surface area contributed by atoms with Crippen LogP contribution in [0.1, 0.15) is 36.7 Å². The molecule has 8 nitrogen and oxygen atoms in total. The van der Waals surface area contributed by atoms with E-state index in [1.165, 1.54) is 4.90 Å². The van der Waals surface area contributed by atoms with Gasteiger partial charge in [0.1, 0.15) is 23.3 Å². The van der Waals surface area contributed by atoms with Crippen molar-refractivity contribution in [2.75, 3.05) is 13.2 Å². The van der Waals surface area contributed by atoms with E-state index in [0.29, 0.717) is 36.0 Å². The molecule has 4 rings (SSSR count). The number of nitrogens with zero attached hydrogens (tertiary/aromatic N) is 3. The SMILES string of the molecule is CCOc1ccc(/C(O)=C2/C(=O)C(=O)N(Cc3ccncc3)C2c2ccccn2)c(OCC)c1. The van der Waals surface area contributed by atoms with Crippen LogP contribution in [0.25, 0.3) is 5.76 Å². The number of likely N-dealkylation sites (tertiary alicyclic amines) is 1. The number of aliphatic hydroxyl groups is 1. The van der Waals surface area contributed by atoms with Crippen LogP contribution >= 0.6 is 0 Å². The summed E-state index contributed by atoms with van der Waals surface area (Å²) in [4.78, 5) is 36.2. The van der Waals surface area contributed by atoms with Gasteiger partial charge in [-0.3, -0.25) is 19.6 Å². The van der Waals surface area contributed by atoms with Gasteiger partial charge in [-0.15, -0.1) is 0 Å². The quantitative estimate of drug-likeness (QED) is 0.310. The molecule has 3 aromatic rings. The van der Waals surface area contributed by atoms with Gasteiger partial charge >= 0.3 is 0 Å². The van der Waals surface area contributed by atoms with E-state index in [9.17, 15) is 14.7 Å². The fourth-order valence-electron chi connectivity index (χ4n) is 3.95. The van der Waals surface area contributed by atoms with Crippen molar-refractivity contribution in [1.29, 1.82) is 0 Å². The molecule has 1 unspecified atom stereocenters. The summed E-state index contributed by atoms with van der Waals surface area (Å²) in [6.07, 6.45) is 4.83. The molecule has 1 aliphatic rings. The Labute approximate surface area is 197 Å². The Kier molecular flexibility index (Phi) is 6.87. The van der Waals surface area contributed by atoms with Crippen LogP contribution < -0.4 is 9.47 Å². The van der Waals surface area contributed by atoms with E-state index in [2.05, 4.69) is 9.97 Å². The molecule has 1 aromatic carbocycles. The van der Waals surface area contributed by atoms with E-state index in [4.69, 9.17) is 9.47 Å². The normalized spacial score (nSPS) is 17.1. The highest BCUT2D eigenvalue weighted by Crippen LogP contribution is 2.41. The lowest BCUT2D eigenvalue weighted by Crippen LogP contribution is -2.29. The Balaban J connectivity index is 1.86. The maximum absolute atomic E-state index is 13.2. The van der Waals surface area contributed by atoms with E-state index in [1.807, 2.05) is 13.8 Å². The predicted molar refractivity (Wildman–Crippen MR) is 125 cm³/mol. The predicted octanol–water partition coefficient (Wildman–Crippen LogP) is 3.90. The molecule has 174 valence electrons. The Morgan fingerprint density at radius 1 is 1.00 bits per heavy atom. The van der Waals surface area contributed by atoms with Gasteiger partial charge in [0.25, 0.3) is 11.7 Å². The number of rotatable bonds is 8. The second-order valence-electron chi connectivity index (χ2n) is 7.56. The molecular formula is C26H25N3O5. The van der Waals surface area contributed by atoms with E-state index in [1.54, 1.807) is 67.1 Å². The first-order chi connectivity index (χ1) is 16.5. The van der Waals surface area contributed by atoms with Gasteiger partial charge in [-0.2, -0.15) is 0 Å². The molecule has 1 atom stereocenters. The first-order valence-electron chi connectivity index (χ1n) is 11.0. The molecule has 0 aliphatic carbocycles. The van der Waals surface area contributed by atoms with Crippen LogP contribution in [0.5, 0.6) is 11.5 Å². The molecule has 8 heteroatoms. The van der Waals surface area contributed by atoms with Gasteiger partial charge in [-0.05, 0) is 55.8 Å². The van der Waals surface area contributed by atoms with Crippen LogP contribution in [0, 0.1) is 0 Å². The van der Waals surface area contributed by atoms with Crippen LogP contribution in [0.2, 0.25) is 0 Å². The topological polar surface area (TPSA) is 102 Å². The molecule has 34 heavy (non-hydrogen) atoms. The number of aromatic nitrogens is 2. The van der Waals surface area contributed by atoms with Crippen LogP contribution in [-0.2, 0) is 16.1 Å². The number of carbonyl (C=O) groups is 2. The highest BCUT2D eigenvalue weighted by atomic mass is 16.5. The standard InChI is InChI=1S/C26H25N3O5/c1-3-33-18-8-9-19(21(15-18)34-4-2)24(30)22-23(20-7-5-6-12-28-20)29(26(32)25(22)31)16-17-10-13-27-14-11-17/h5-15,23,30H,3-4,16H2,1-2H3/b24-22-. The molecule has 0 saturated carbocycles. The van der Waals surface area contributed by atoms with Gasteiger partial charge < -0.3 is 19.5 Å². The lowest BCUT2D eigenvalue weighted by Gasteiger charge is -2.24. The van der Waals surface area contributed by atoms with Crippen LogP contribution in [-0.4, -0.2) is 44.9 Å². The van der Waals surface area contributed by atoms with Crippen LogP contribution in [0.3, 0.4) is 0 Å². The van der Waals surface area contributed by atoms with Gasteiger partial charge in [-0.1, -0.05) is 6.07 Å². The van der Waals surface area contributed by atoms with Crippen molar-refractivity contribution in [2.24, 2.45) is 0 Å². The first-order valence-corrected chi connectivity index (χ1v) is 11.0. The number of amides is 1. The lowest BCUT2D eigenvalue weighted by molar-refractivity contribution is -0.140. The summed E-state index contributed by atoms with van der Waals surface area (Å²) in [6, 6.07) is 12.9. The third kappa shape index (κ3) is 4.47. The number of Topliss-reactive ketones (excluding diaryl/α,β-unsaturated/α-hetero) is 1. The second kappa shape index (κ2) is 10.2. The zero-order valence-electron chi connectivity index (χ0n) is 19.0. The Hall–Kier alpha value is -4.20. The summed E-state index contributed by atoms with van der Waals surface area (Å²) in [5, 5.41) is 11.4. The number of ether oxygens (including phenoxy) is 2. The largest absolute Gasteiger partial charge is 0.507 e. The first kappa shape index (κ1) is 23.0.